The number of pyridine rings is 1. The van der Waals surface area contributed by atoms with Gasteiger partial charge in [-0.2, -0.15) is 11.8 Å². The minimum atomic E-state index is -0.482. The van der Waals surface area contributed by atoms with Gasteiger partial charge in [-0.3, -0.25) is 9.78 Å². The van der Waals surface area contributed by atoms with E-state index in [1.165, 1.54) is 19.3 Å². The summed E-state index contributed by atoms with van der Waals surface area (Å²) in [5, 5.41) is 4.17. The number of rotatable bonds is 5. The summed E-state index contributed by atoms with van der Waals surface area (Å²) in [4.78, 5) is 15.0. The van der Waals surface area contributed by atoms with Crippen molar-refractivity contribution in [2.24, 2.45) is 5.73 Å². The lowest BCUT2D eigenvalue weighted by molar-refractivity contribution is 0.0995. The predicted octanol–water partition coefficient (Wildman–Crippen LogP) is 2.27. The van der Waals surface area contributed by atoms with Crippen molar-refractivity contribution in [2.45, 2.75) is 37.5 Å². The number of hydrogen-bond acceptors (Lipinski definition) is 4. The van der Waals surface area contributed by atoms with Crippen LogP contribution in [-0.4, -0.2) is 27.9 Å². The zero-order valence-corrected chi connectivity index (χ0v) is 11.4. The standard InChI is InChI=1S/C13H19N3OS/c1-2-18-12-5-3-4-10(12)16-9-6-7-15-11(8-9)13(14)17/h6-8,10,12H,2-5H2,1H3,(H2,14,17)(H,15,16). The fraction of sp³-hybridized carbons (Fsp3) is 0.538. The van der Waals surface area contributed by atoms with Crippen molar-refractivity contribution in [1.29, 1.82) is 0 Å². The first-order valence-electron chi connectivity index (χ1n) is 6.34. The Labute approximate surface area is 112 Å². The summed E-state index contributed by atoms with van der Waals surface area (Å²) < 4.78 is 0. The quantitative estimate of drug-likeness (QED) is 0.857. The topological polar surface area (TPSA) is 68.0 Å². The maximum atomic E-state index is 11.1. The Balaban J connectivity index is 2.04. The summed E-state index contributed by atoms with van der Waals surface area (Å²) in [5.74, 6) is 0.663. The van der Waals surface area contributed by atoms with Crippen molar-refractivity contribution in [2.75, 3.05) is 11.1 Å². The smallest absolute Gasteiger partial charge is 0.267 e. The normalized spacial score (nSPS) is 22.9. The van der Waals surface area contributed by atoms with Crippen LogP contribution in [0.5, 0.6) is 0 Å². The molecule has 0 bridgehead atoms. The molecule has 0 radical (unpaired) electrons. The molecule has 1 aromatic rings. The molecule has 3 N–H and O–H groups in total. The largest absolute Gasteiger partial charge is 0.381 e. The number of hydrogen-bond donors (Lipinski definition) is 2. The molecule has 2 atom stereocenters. The number of carbonyl (C=O) groups excluding carboxylic acids is 1. The third-order valence-electron chi connectivity index (χ3n) is 3.20. The van der Waals surface area contributed by atoms with Crippen LogP contribution in [0, 0.1) is 0 Å². The molecule has 1 fully saturated rings. The average molecular weight is 265 g/mol. The summed E-state index contributed by atoms with van der Waals surface area (Å²) in [6.07, 6.45) is 5.35. The van der Waals surface area contributed by atoms with Crippen molar-refractivity contribution in [3.05, 3.63) is 24.0 Å². The monoisotopic (exact) mass is 265 g/mol. The number of primary amides is 1. The van der Waals surface area contributed by atoms with Gasteiger partial charge in [0.2, 0.25) is 0 Å². The van der Waals surface area contributed by atoms with Crippen LogP contribution in [-0.2, 0) is 0 Å². The molecule has 1 aliphatic rings. The molecule has 2 unspecified atom stereocenters. The number of aromatic nitrogens is 1. The number of thioether (sulfide) groups is 1. The molecule has 1 aromatic heterocycles. The zero-order valence-electron chi connectivity index (χ0n) is 10.6. The van der Waals surface area contributed by atoms with Gasteiger partial charge < -0.3 is 11.1 Å². The number of anilines is 1. The van der Waals surface area contributed by atoms with Gasteiger partial charge in [0, 0.05) is 23.2 Å². The van der Waals surface area contributed by atoms with Crippen LogP contribution < -0.4 is 11.1 Å². The van der Waals surface area contributed by atoms with Crippen LogP contribution in [0.4, 0.5) is 5.69 Å². The maximum absolute atomic E-state index is 11.1. The summed E-state index contributed by atoms with van der Waals surface area (Å²) in [7, 11) is 0. The number of carbonyl (C=O) groups is 1. The molecule has 1 heterocycles. The lowest BCUT2D eigenvalue weighted by atomic mass is 10.2. The van der Waals surface area contributed by atoms with E-state index in [0.717, 1.165) is 11.4 Å². The second kappa shape index (κ2) is 6.09. The van der Waals surface area contributed by atoms with Crippen LogP contribution in [0.2, 0.25) is 0 Å². The Hall–Kier alpha value is -1.23. The second-order valence-electron chi connectivity index (χ2n) is 4.47. The maximum Gasteiger partial charge on any atom is 0.267 e. The van der Waals surface area contributed by atoms with Gasteiger partial charge in [0.1, 0.15) is 5.69 Å². The van der Waals surface area contributed by atoms with E-state index in [-0.39, 0.29) is 0 Å². The lowest BCUT2D eigenvalue weighted by Crippen LogP contribution is -2.26. The summed E-state index contributed by atoms with van der Waals surface area (Å²) >= 11 is 2.01. The minimum absolute atomic E-state index is 0.317. The molecule has 0 saturated heterocycles. The van der Waals surface area contributed by atoms with Crippen LogP contribution in [0.25, 0.3) is 0 Å². The van der Waals surface area contributed by atoms with Crippen molar-refractivity contribution >= 4 is 23.4 Å². The van der Waals surface area contributed by atoms with E-state index in [0.29, 0.717) is 17.0 Å². The highest BCUT2D eigenvalue weighted by molar-refractivity contribution is 7.99. The van der Waals surface area contributed by atoms with Crippen LogP contribution in [0.1, 0.15) is 36.7 Å². The van der Waals surface area contributed by atoms with Gasteiger partial charge in [-0.05, 0) is 30.7 Å². The Morgan fingerprint density at radius 1 is 1.61 bits per heavy atom. The molecule has 4 nitrogen and oxygen atoms in total. The molecule has 0 spiro atoms. The van der Waals surface area contributed by atoms with Crippen molar-refractivity contribution in [1.82, 2.24) is 4.98 Å². The van der Waals surface area contributed by atoms with E-state index in [2.05, 4.69) is 17.2 Å². The zero-order chi connectivity index (χ0) is 13.0. The summed E-state index contributed by atoms with van der Waals surface area (Å²) in [6, 6.07) is 4.10. The number of nitrogens with one attached hydrogen (secondary N) is 1. The second-order valence-corrected chi connectivity index (χ2v) is 5.99. The van der Waals surface area contributed by atoms with E-state index in [4.69, 9.17) is 5.73 Å². The molecule has 1 amide bonds. The number of nitrogens with zero attached hydrogens (tertiary/aromatic N) is 1. The lowest BCUT2D eigenvalue weighted by Gasteiger charge is -2.21. The fourth-order valence-corrected chi connectivity index (χ4v) is 3.57. The predicted molar refractivity (Wildman–Crippen MR) is 75.9 cm³/mol. The molecule has 1 saturated carbocycles. The first kappa shape index (κ1) is 13.2. The van der Waals surface area contributed by atoms with Crippen LogP contribution >= 0.6 is 11.8 Å². The van der Waals surface area contributed by atoms with Crippen LogP contribution in [0.15, 0.2) is 18.3 Å². The number of amides is 1. The fourth-order valence-electron chi connectivity index (χ4n) is 2.37. The Morgan fingerprint density at radius 3 is 3.17 bits per heavy atom. The van der Waals surface area contributed by atoms with Gasteiger partial charge >= 0.3 is 0 Å². The van der Waals surface area contributed by atoms with Gasteiger partial charge in [-0.25, -0.2) is 0 Å². The molecule has 18 heavy (non-hydrogen) atoms. The molecule has 98 valence electrons. The van der Waals surface area contributed by atoms with Gasteiger partial charge in [0.15, 0.2) is 0 Å². The highest BCUT2D eigenvalue weighted by Crippen LogP contribution is 2.32. The van der Waals surface area contributed by atoms with Gasteiger partial charge in [0.05, 0.1) is 0 Å². The van der Waals surface area contributed by atoms with E-state index < -0.39 is 5.91 Å². The first-order valence-corrected chi connectivity index (χ1v) is 7.39. The van der Waals surface area contributed by atoms with Gasteiger partial charge in [-0.15, -0.1) is 0 Å². The minimum Gasteiger partial charge on any atom is -0.381 e. The highest BCUT2D eigenvalue weighted by atomic mass is 32.2. The van der Waals surface area contributed by atoms with E-state index >= 15 is 0 Å². The molecule has 5 heteroatoms. The van der Waals surface area contributed by atoms with Crippen molar-refractivity contribution in [3.8, 4) is 0 Å². The molecule has 0 aliphatic heterocycles. The molecular formula is C13H19N3OS. The van der Waals surface area contributed by atoms with Crippen molar-refractivity contribution < 1.29 is 4.79 Å². The summed E-state index contributed by atoms with van der Waals surface area (Å²) in [6.45, 7) is 2.19. The number of nitrogens with two attached hydrogens (primary N) is 1. The van der Waals surface area contributed by atoms with Gasteiger partial charge in [0.25, 0.3) is 5.91 Å². The Bertz CT molecular complexity index is 424. The molecule has 2 rings (SSSR count). The third-order valence-corrected chi connectivity index (χ3v) is 4.52. The molecule has 0 aromatic carbocycles. The van der Waals surface area contributed by atoms with Crippen LogP contribution in [0.3, 0.4) is 0 Å². The highest BCUT2D eigenvalue weighted by Gasteiger charge is 2.26. The SMILES string of the molecule is CCSC1CCCC1Nc1ccnc(C(N)=O)c1. The summed E-state index contributed by atoms with van der Waals surface area (Å²) in [5.41, 5.74) is 6.49. The Morgan fingerprint density at radius 2 is 2.44 bits per heavy atom. The van der Waals surface area contributed by atoms with E-state index in [1.807, 2.05) is 17.8 Å². The van der Waals surface area contributed by atoms with Gasteiger partial charge in [-0.1, -0.05) is 13.3 Å². The Kier molecular flexibility index (Phi) is 4.47. The molecular weight excluding hydrogens is 246 g/mol. The van der Waals surface area contributed by atoms with E-state index in [1.54, 1.807) is 12.3 Å². The van der Waals surface area contributed by atoms with Crippen molar-refractivity contribution in [3.63, 3.8) is 0 Å². The molecule has 1 aliphatic carbocycles. The van der Waals surface area contributed by atoms with E-state index in [9.17, 15) is 4.79 Å². The third kappa shape index (κ3) is 3.16. The average Bonchev–Trinajstić information content (AvgIpc) is 2.77. The first-order chi connectivity index (χ1) is 8.70.